The van der Waals surface area contributed by atoms with Crippen molar-refractivity contribution in [3.05, 3.63) is 48.0 Å². The van der Waals surface area contributed by atoms with E-state index < -0.39 is 10.0 Å². The number of amides is 1. The van der Waals surface area contributed by atoms with Crippen LogP contribution in [0.3, 0.4) is 0 Å². The Morgan fingerprint density at radius 2 is 1.83 bits per heavy atom. The zero-order chi connectivity index (χ0) is 21.6. The van der Waals surface area contributed by atoms with E-state index in [1.54, 1.807) is 35.2 Å². The topological polar surface area (TPSA) is 84.9 Å². The number of carbonyl (C=O) groups is 1. The first-order chi connectivity index (χ1) is 14.4. The highest BCUT2D eigenvalue weighted by Crippen LogP contribution is 2.32. The minimum atomic E-state index is -3.85. The van der Waals surface area contributed by atoms with Crippen LogP contribution in [0.25, 0.3) is 0 Å². The molecule has 162 valence electrons. The number of rotatable bonds is 8. The maximum absolute atomic E-state index is 12.9. The number of sulfonamides is 1. The fourth-order valence-electron chi connectivity index (χ4n) is 3.18. The van der Waals surface area contributed by atoms with Gasteiger partial charge >= 0.3 is 0 Å². The molecule has 0 atom stereocenters. The average molecular weight is 433 g/mol. The molecule has 1 N–H and O–H groups in total. The van der Waals surface area contributed by atoms with Gasteiger partial charge in [-0.25, -0.2) is 8.42 Å². The minimum Gasteiger partial charge on any atom is -0.490 e. The quantitative estimate of drug-likeness (QED) is 0.684. The number of hydrogen-bond donors (Lipinski definition) is 1. The van der Waals surface area contributed by atoms with Crippen LogP contribution in [0.1, 0.15) is 43.5 Å². The van der Waals surface area contributed by atoms with Crippen molar-refractivity contribution >= 4 is 21.6 Å². The van der Waals surface area contributed by atoms with Crippen LogP contribution >= 0.6 is 0 Å². The van der Waals surface area contributed by atoms with E-state index in [9.17, 15) is 13.2 Å². The van der Waals surface area contributed by atoms with Crippen molar-refractivity contribution in [1.29, 1.82) is 0 Å². The maximum Gasteiger partial charge on any atom is 0.262 e. The summed E-state index contributed by atoms with van der Waals surface area (Å²) < 4.78 is 39.5. The number of ether oxygens (including phenoxy) is 2. The summed E-state index contributed by atoms with van der Waals surface area (Å²) in [4.78, 5) is 14.6. The predicted molar refractivity (Wildman–Crippen MR) is 116 cm³/mol. The van der Waals surface area contributed by atoms with E-state index in [1.807, 2.05) is 6.92 Å². The lowest BCUT2D eigenvalue weighted by molar-refractivity contribution is 0.0762. The first-order valence-electron chi connectivity index (χ1n) is 10.3. The Morgan fingerprint density at radius 3 is 2.57 bits per heavy atom. The average Bonchev–Trinajstić information content (AvgIpc) is 2.99. The molecule has 8 heteroatoms. The molecule has 0 bridgehead atoms. The van der Waals surface area contributed by atoms with Crippen molar-refractivity contribution in [1.82, 2.24) is 4.90 Å². The molecular weight excluding hydrogens is 404 g/mol. The van der Waals surface area contributed by atoms with Gasteiger partial charge < -0.3 is 14.4 Å². The lowest BCUT2D eigenvalue weighted by Gasteiger charge is -2.21. The van der Waals surface area contributed by atoms with E-state index in [0.29, 0.717) is 49.1 Å². The molecule has 3 rings (SSSR count). The van der Waals surface area contributed by atoms with Crippen LogP contribution in [0.15, 0.2) is 47.4 Å². The van der Waals surface area contributed by atoms with Crippen LogP contribution in [0.5, 0.6) is 11.5 Å². The van der Waals surface area contributed by atoms with Crippen LogP contribution in [-0.4, -0.2) is 45.5 Å². The first-order valence-corrected chi connectivity index (χ1v) is 11.7. The lowest BCUT2D eigenvalue weighted by atomic mass is 10.1. The number of unbranched alkanes of at least 4 members (excludes halogenated alkanes) is 1. The highest BCUT2D eigenvalue weighted by molar-refractivity contribution is 7.92. The van der Waals surface area contributed by atoms with Crippen molar-refractivity contribution in [2.45, 2.75) is 38.0 Å². The Bertz CT molecular complexity index is 991. The molecule has 1 heterocycles. The van der Waals surface area contributed by atoms with Gasteiger partial charge in [0.25, 0.3) is 15.9 Å². The molecule has 1 aliphatic rings. The minimum absolute atomic E-state index is 0.0709. The van der Waals surface area contributed by atoms with E-state index in [2.05, 4.69) is 11.6 Å². The standard InChI is InChI=1S/C22H28N2O5S/c1-3-5-12-24(4-2)22(25)17-8-6-9-18(15-17)23-30(26,27)19-10-11-20-21(16-19)29-14-7-13-28-20/h6,8-11,15-16,23H,3-5,7,12-14H2,1-2H3. The van der Waals surface area contributed by atoms with E-state index >= 15 is 0 Å². The highest BCUT2D eigenvalue weighted by atomic mass is 32.2. The van der Waals surface area contributed by atoms with E-state index in [4.69, 9.17) is 9.47 Å². The van der Waals surface area contributed by atoms with E-state index in [0.717, 1.165) is 19.3 Å². The molecule has 0 saturated heterocycles. The van der Waals surface area contributed by atoms with Crippen molar-refractivity contribution in [2.75, 3.05) is 31.0 Å². The molecule has 2 aromatic carbocycles. The zero-order valence-corrected chi connectivity index (χ0v) is 18.2. The van der Waals surface area contributed by atoms with Gasteiger partial charge in [0.15, 0.2) is 11.5 Å². The molecule has 0 fully saturated rings. The normalized spacial score (nSPS) is 13.4. The van der Waals surface area contributed by atoms with Gasteiger partial charge in [-0.3, -0.25) is 9.52 Å². The largest absolute Gasteiger partial charge is 0.490 e. The number of fused-ring (bicyclic) bond motifs is 1. The van der Waals surface area contributed by atoms with Crippen LogP contribution < -0.4 is 14.2 Å². The fraction of sp³-hybridized carbons (Fsp3) is 0.409. The third kappa shape index (κ3) is 5.24. The molecule has 0 spiro atoms. The number of anilines is 1. The predicted octanol–water partition coefficient (Wildman–Crippen LogP) is 3.91. The summed E-state index contributed by atoms with van der Waals surface area (Å²) in [6, 6.07) is 11.1. The van der Waals surface area contributed by atoms with Crippen molar-refractivity contribution in [2.24, 2.45) is 0 Å². The van der Waals surface area contributed by atoms with Gasteiger partial charge in [0.1, 0.15) is 0 Å². The number of nitrogens with one attached hydrogen (secondary N) is 1. The molecule has 1 amide bonds. The Morgan fingerprint density at radius 1 is 1.07 bits per heavy atom. The van der Waals surface area contributed by atoms with Gasteiger partial charge in [-0.2, -0.15) is 0 Å². The van der Waals surface area contributed by atoms with Crippen LogP contribution in [0.2, 0.25) is 0 Å². The van der Waals surface area contributed by atoms with Crippen molar-refractivity contribution in [3.63, 3.8) is 0 Å². The number of hydrogen-bond acceptors (Lipinski definition) is 5. The second-order valence-electron chi connectivity index (χ2n) is 7.08. The second kappa shape index (κ2) is 9.84. The van der Waals surface area contributed by atoms with Gasteiger partial charge in [-0.1, -0.05) is 19.4 Å². The highest BCUT2D eigenvalue weighted by Gasteiger charge is 2.20. The third-order valence-corrected chi connectivity index (χ3v) is 6.22. The zero-order valence-electron chi connectivity index (χ0n) is 17.4. The monoisotopic (exact) mass is 432 g/mol. The molecule has 1 aliphatic heterocycles. The summed E-state index contributed by atoms with van der Waals surface area (Å²) in [7, 11) is -3.85. The molecule has 0 unspecified atom stereocenters. The van der Waals surface area contributed by atoms with Crippen LogP contribution in [0.4, 0.5) is 5.69 Å². The number of carbonyl (C=O) groups excluding carboxylic acids is 1. The Balaban J connectivity index is 1.80. The second-order valence-corrected chi connectivity index (χ2v) is 8.77. The van der Waals surface area contributed by atoms with Gasteiger partial charge in [0.05, 0.1) is 18.1 Å². The van der Waals surface area contributed by atoms with Crippen molar-refractivity contribution in [3.8, 4) is 11.5 Å². The van der Waals surface area contributed by atoms with Gasteiger partial charge in [0.2, 0.25) is 0 Å². The first kappa shape index (κ1) is 22.0. The summed E-state index contributed by atoms with van der Waals surface area (Å²) >= 11 is 0. The molecule has 30 heavy (non-hydrogen) atoms. The van der Waals surface area contributed by atoms with Crippen LogP contribution in [0, 0.1) is 0 Å². The van der Waals surface area contributed by atoms with E-state index in [1.165, 1.54) is 12.1 Å². The van der Waals surface area contributed by atoms with Gasteiger partial charge in [-0.15, -0.1) is 0 Å². The van der Waals surface area contributed by atoms with Crippen LogP contribution in [-0.2, 0) is 10.0 Å². The van der Waals surface area contributed by atoms with Crippen molar-refractivity contribution < 1.29 is 22.7 Å². The Labute approximate surface area is 178 Å². The third-order valence-electron chi connectivity index (χ3n) is 4.84. The number of nitrogens with zero attached hydrogens (tertiary/aromatic N) is 1. The summed E-state index contributed by atoms with van der Waals surface area (Å²) in [5.41, 5.74) is 0.784. The molecule has 0 radical (unpaired) electrons. The van der Waals surface area contributed by atoms with Gasteiger partial charge in [-0.05, 0) is 43.7 Å². The maximum atomic E-state index is 12.9. The lowest BCUT2D eigenvalue weighted by Crippen LogP contribution is -2.31. The fourth-order valence-corrected chi connectivity index (χ4v) is 4.24. The summed E-state index contributed by atoms with van der Waals surface area (Å²) in [5, 5.41) is 0. The molecule has 2 aromatic rings. The summed E-state index contributed by atoms with van der Waals surface area (Å²) in [6.45, 7) is 6.30. The molecule has 7 nitrogen and oxygen atoms in total. The molecule has 0 aromatic heterocycles. The summed E-state index contributed by atoms with van der Waals surface area (Å²) in [5.74, 6) is 0.835. The number of benzene rings is 2. The van der Waals surface area contributed by atoms with E-state index in [-0.39, 0.29) is 10.8 Å². The smallest absolute Gasteiger partial charge is 0.262 e. The molecule has 0 saturated carbocycles. The molecular formula is C22H28N2O5S. The summed E-state index contributed by atoms with van der Waals surface area (Å²) in [6.07, 6.45) is 2.66. The Hall–Kier alpha value is -2.74. The van der Waals surface area contributed by atoms with Gasteiger partial charge in [0, 0.05) is 36.8 Å². The Kier molecular flexibility index (Phi) is 7.20. The SMILES string of the molecule is CCCCN(CC)C(=O)c1cccc(NS(=O)(=O)c2ccc3c(c2)OCCCO3)c1. The molecule has 0 aliphatic carbocycles.